The number of nitrogens with zero attached hydrogens (tertiary/aromatic N) is 3. The van der Waals surface area contributed by atoms with E-state index in [1.807, 2.05) is 48.1 Å². The fourth-order valence-electron chi connectivity index (χ4n) is 3.37. The zero-order chi connectivity index (χ0) is 22.3. The second-order valence-electron chi connectivity index (χ2n) is 7.25. The standard InChI is InChI=1S/C24H26N4O3S/c1-3-30-14-6-13-28-22-8-5-4-7-21(22)26-24(28)27-23(29)18-9-11-20(12-10-18)31-15-19-16-32-17(2)25-19/h4-5,7-12,16H,3,6,13-15H2,1-2H3,(H,26,27,29). The summed E-state index contributed by atoms with van der Waals surface area (Å²) < 4.78 is 13.3. The average Bonchev–Trinajstić information content (AvgIpc) is 3.38. The molecule has 0 aliphatic carbocycles. The molecule has 0 atom stereocenters. The van der Waals surface area contributed by atoms with Crippen LogP contribution in [0.3, 0.4) is 0 Å². The van der Waals surface area contributed by atoms with Crippen LogP contribution in [0.25, 0.3) is 11.0 Å². The first-order chi connectivity index (χ1) is 15.6. The molecule has 0 unspecified atom stereocenters. The molecule has 4 rings (SSSR count). The number of anilines is 1. The summed E-state index contributed by atoms with van der Waals surface area (Å²) in [6.07, 6.45) is 0.835. The summed E-state index contributed by atoms with van der Waals surface area (Å²) >= 11 is 1.60. The Hall–Kier alpha value is -3.23. The molecule has 2 aromatic heterocycles. The number of ether oxygens (including phenoxy) is 2. The molecule has 1 N–H and O–H groups in total. The van der Waals surface area contributed by atoms with Crippen LogP contribution in [0.15, 0.2) is 53.9 Å². The summed E-state index contributed by atoms with van der Waals surface area (Å²) in [7, 11) is 0. The van der Waals surface area contributed by atoms with Crippen molar-refractivity contribution in [2.24, 2.45) is 0 Å². The minimum atomic E-state index is -0.215. The van der Waals surface area contributed by atoms with Crippen molar-refractivity contribution >= 4 is 34.2 Å². The lowest BCUT2D eigenvalue weighted by atomic mass is 10.2. The summed E-state index contributed by atoms with van der Waals surface area (Å²) in [6, 6.07) is 14.9. The molecule has 32 heavy (non-hydrogen) atoms. The number of benzene rings is 2. The van der Waals surface area contributed by atoms with Gasteiger partial charge in [0.2, 0.25) is 5.95 Å². The Morgan fingerprint density at radius 2 is 1.94 bits per heavy atom. The van der Waals surface area contributed by atoms with Crippen LogP contribution in [-0.2, 0) is 17.9 Å². The number of rotatable bonds is 10. The van der Waals surface area contributed by atoms with E-state index in [2.05, 4.69) is 15.3 Å². The van der Waals surface area contributed by atoms with Gasteiger partial charge in [0.15, 0.2) is 0 Å². The topological polar surface area (TPSA) is 78.3 Å². The highest BCUT2D eigenvalue weighted by molar-refractivity contribution is 7.09. The molecule has 7 nitrogen and oxygen atoms in total. The number of para-hydroxylation sites is 2. The van der Waals surface area contributed by atoms with E-state index in [4.69, 9.17) is 9.47 Å². The fourth-order valence-corrected chi connectivity index (χ4v) is 3.97. The molecule has 1 amide bonds. The number of carbonyl (C=O) groups excluding carboxylic acids is 1. The number of hydrogen-bond acceptors (Lipinski definition) is 6. The normalized spacial score (nSPS) is 11.1. The maximum absolute atomic E-state index is 12.9. The zero-order valence-corrected chi connectivity index (χ0v) is 19.0. The van der Waals surface area contributed by atoms with E-state index in [9.17, 15) is 4.79 Å². The summed E-state index contributed by atoms with van der Waals surface area (Å²) in [5, 5.41) is 5.96. The highest BCUT2D eigenvalue weighted by Gasteiger charge is 2.14. The number of aryl methyl sites for hydroxylation is 2. The van der Waals surface area contributed by atoms with E-state index in [0.717, 1.165) is 28.2 Å². The molecule has 0 bridgehead atoms. The first kappa shape index (κ1) is 22.0. The van der Waals surface area contributed by atoms with Crippen LogP contribution in [-0.4, -0.2) is 33.7 Å². The van der Waals surface area contributed by atoms with Gasteiger partial charge in [-0.1, -0.05) is 12.1 Å². The molecule has 8 heteroatoms. The van der Waals surface area contributed by atoms with Gasteiger partial charge < -0.3 is 14.0 Å². The molecule has 0 aliphatic rings. The van der Waals surface area contributed by atoms with Gasteiger partial charge in [-0.2, -0.15) is 0 Å². The van der Waals surface area contributed by atoms with Crippen LogP contribution in [0.1, 0.15) is 34.4 Å². The minimum Gasteiger partial charge on any atom is -0.487 e. The van der Waals surface area contributed by atoms with Crippen molar-refractivity contribution in [1.29, 1.82) is 0 Å². The number of fused-ring (bicyclic) bond motifs is 1. The first-order valence-corrected chi connectivity index (χ1v) is 11.5. The van der Waals surface area contributed by atoms with Crippen LogP contribution in [0, 0.1) is 6.92 Å². The van der Waals surface area contributed by atoms with Gasteiger partial charge in [0.1, 0.15) is 12.4 Å². The van der Waals surface area contributed by atoms with Gasteiger partial charge in [-0.05, 0) is 56.7 Å². The average molecular weight is 451 g/mol. The van der Waals surface area contributed by atoms with Crippen molar-refractivity contribution in [3.8, 4) is 5.75 Å². The minimum absolute atomic E-state index is 0.215. The van der Waals surface area contributed by atoms with Gasteiger partial charge in [0.25, 0.3) is 5.91 Å². The third kappa shape index (κ3) is 5.33. The number of aromatic nitrogens is 3. The molecule has 0 spiro atoms. The molecular weight excluding hydrogens is 424 g/mol. The monoisotopic (exact) mass is 450 g/mol. The second kappa shape index (κ2) is 10.4. The van der Waals surface area contributed by atoms with Gasteiger partial charge in [0.05, 0.1) is 21.7 Å². The van der Waals surface area contributed by atoms with Gasteiger partial charge in [-0.3, -0.25) is 10.1 Å². The summed E-state index contributed by atoms with van der Waals surface area (Å²) in [4.78, 5) is 21.9. The SMILES string of the molecule is CCOCCCn1c(NC(=O)c2ccc(OCc3csc(C)n3)cc2)nc2ccccc21. The fraction of sp³-hybridized carbons (Fsp3) is 0.292. The second-order valence-corrected chi connectivity index (χ2v) is 8.31. The molecule has 2 heterocycles. The third-order valence-corrected chi connectivity index (χ3v) is 5.75. The number of thiazole rings is 1. The van der Waals surface area contributed by atoms with E-state index in [0.29, 0.717) is 43.6 Å². The van der Waals surface area contributed by atoms with Crippen LogP contribution >= 0.6 is 11.3 Å². The van der Waals surface area contributed by atoms with E-state index < -0.39 is 0 Å². The lowest BCUT2D eigenvalue weighted by Gasteiger charge is -2.11. The molecule has 0 fully saturated rings. The number of imidazole rings is 1. The van der Waals surface area contributed by atoms with E-state index in [1.54, 1.807) is 35.6 Å². The Morgan fingerprint density at radius 1 is 1.12 bits per heavy atom. The predicted molar refractivity (Wildman–Crippen MR) is 126 cm³/mol. The Bertz CT molecular complexity index is 1180. The Kier molecular flexibility index (Phi) is 7.14. The van der Waals surface area contributed by atoms with Gasteiger partial charge in [-0.15, -0.1) is 11.3 Å². The Balaban J connectivity index is 1.43. The van der Waals surface area contributed by atoms with Gasteiger partial charge in [-0.25, -0.2) is 9.97 Å². The highest BCUT2D eigenvalue weighted by Crippen LogP contribution is 2.21. The van der Waals surface area contributed by atoms with Crippen LogP contribution in [0.2, 0.25) is 0 Å². The molecule has 0 radical (unpaired) electrons. The lowest BCUT2D eigenvalue weighted by Crippen LogP contribution is -2.16. The summed E-state index contributed by atoms with van der Waals surface area (Å²) in [6.45, 7) is 6.42. The van der Waals surface area contributed by atoms with Crippen molar-refractivity contribution in [2.75, 3.05) is 18.5 Å². The van der Waals surface area contributed by atoms with Crippen molar-refractivity contribution in [3.05, 3.63) is 70.2 Å². The highest BCUT2D eigenvalue weighted by atomic mass is 32.1. The van der Waals surface area contributed by atoms with Crippen molar-refractivity contribution in [1.82, 2.24) is 14.5 Å². The molecule has 2 aromatic carbocycles. The molecular formula is C24H26N4O3S. The quantitative estimate of drug-likeness (QED) is 0.342. The maximum atomic E-state index is 12.9. The lowest BCUT2D eigenvalue weighted by molar-refractivity contribution is 0.102. The van der Waals surface area contributed by atoms with E-state index in [1.165, 1.54) is 0 Å². The molecule has 0 saturated carbocycles. The van der Waals surface area contributed by atoms with Crippen LogP contribution < -0.4 is 10.1 Å². The predicted octanol–water partition coefficient (Wildman–Crippen LogP) is 5.06. The number of hydrogen-bond donors (Lipinski definition) is 1. The molecule has 0 saturated heterocycles. The Morgan fingerprint density at radius 3 is 2.69 bits per heavy atom. The number of nitrogens with one attached hydrogen (secondary N) is 1. The number of carbonyl (C=O) groups is 1. The van der Waals surface area contributed by atoms with Crippen molar-refractivity contribution < 1.29 is 14.3 Å². The smallest absolute Gasteiger partial charge is 0.257 e. The Labute approximate surface area is 191 Å². The third-order valence-electron chi connectivity index (χ3n) is 4.92. The largest absolute Gasteiger partial charge is 0.487 e. The number of amides is 1. The van der Waals surface area contributed by atoms with Crippen LogP contribution in [0.5, 0.6) is 5.75 Å². The van der Waals surface area contributed by atoms with Gasteiger partial charge >= 0.3 is 0 Å². The van der Waals surface area contributed by atoms with Crippen molar-refractivity contribution in [2.45, 2.75) is 33.4 Å². The van der Waals surface area contributed by atoms with E-state index >= 15 is 0 Å². The van der Waals surface area contributed by atoms with Crippen LogP contribution in [0.4, 0.5) is 5.95 Å². The van der Waals surface area contributed by atoms with Crippen molar-refractivity contribution in [3.63, 3.8) is 0 Å². The molecule has 4 aromatic rings. The molecule has 166 valence electrons. The summed E-state index contributed by atoms with van der Waals surface area (Å²) in [5.74, 6) is 1.01. The summed E-state index contributed by atoms with van der Waals surface area (Å²) in [5.41, 5.74) is 3.27. The first-order valence-electron chi connectivity index (χ1n) is 10.6. The maximum Gasteiger partial charge on any atom is 0.257 e. The van der Waals surface area contributed by atoms with E-state index in [-0.39, 0.29) is 5.91 Å². The zero-order valence-electron chi connectivity index (χ0n) is 18.2. The van der Waals surface area contributed by atoms with Gasteiger partial charge in [0, 0.05) is 30.7 Å². The molecule has 0 aliphatic heterocycles.